The first-order valence-corrected chi connectivity index (χ1v) is 29.0. The number of ether oxygens (including phenoxy) is 2. The summed E-state index contributed by atoms with van der Waals surface area (Å²) < 4.78 is 10.5. The van der Waals surface area contributed by atoms with E-state index < -0.39 is 77.4 Å². The molecule has 5 amide bonds. The molecule has 0 aliphatic heterocycles. The van der Waals surface area contributed by atoms with Crippen LogP contribution in [0.15, 0.2) is 128 Å². The van der Waals surface area contributed by atoms with Gasteiger partial charge in [-0.1, -0.05) is 91.0 Å². The lowest BCUT2D eigenvalue weighted by Gasteiger charge is -2.24. The zero-order chi connectivity index (χ0) is 63.8. The number of nitrogens with two attached hydrogens (primary N) is 3. The number of amides is 5. The molecule has 0 radical (unpaired) electrons. The summed E-state index contributed by atoms with van der Waals surface area (Å²) in [6.07, 6.45) is 8.50. The predicted octanol–water partition coefficient (Wildman–Crippen LogP) is 7.71. The van der Waals surface area contributed by atoms with E-state index in [1.54, 1.807) is 79.9 Å². The van der Waals surface area contributed by atoms with Crippen LogP contribution in [0.25, 0.3) is 0 Å². The molecule has 5 aromatic rings. The maximum atomic E-state index is 13.0. The molecule has 6 atom stereocenters. The van der Waals surface area contributed by atoms with Gasteiger partial charge in [0.25, 0.3) is 0 Å². The molecule has 0 saturated carbocycles. The van der Waals surface area contributed by atoms with Gasteiger partial charge in [-0.3, -0.25) is 28.8 Å². The number of carbonyl (C=O) groups is 8. The van der Waals surface area contributed by atoms with Gasteiger partial charge in [-0.05, 0) is 179 Å². The van der Waals surface area contributed by atoms with E-state index in [1.807, 2.05) is 103 Å². The molecular weight excluding hydrogens is 1100 g/mol. The quantitative estimate of drug-likeness (QED) is 0.0231. The third-order valence-corrected chi connectivity index (χ3v) is 12.9. The molecule has 0 fully saturated rings. The minimum atomic E-state index is -1.15. The van der Waals surface area contributed by atoms with Crippen molar-refractivity contribution in [1.82, 2.24) is 36.6 Å². The van der Waals surface area contributed by atoms with E-state index >= 15 is 0 Å². The number of rotatable bonds is 28. The van der Waals surface area contributed by atoms with Gasteiger partial charge in [0.2, 0.25) is 17.7 Å². The fourth-order valence-corrected chi connectivity index (χ4v) is 8.28. The number of nitrogens with one attached hydrogen (secondary N) is 5. The molecule has 466 valence electrons. The molecule has 0 spiro atoms. The molecule has 0 bridgehead atoms. The first kappa shape index (κ1) is 71.5. The van der Waals surface area contributed by atoms with Crippen LogP contribution in [0.2, 0.25) is 0 Å². The van der Waals surface area contributed by atoms with Crippen LogP contribution in [0.1, 0.15) is 135 Å². The molecule has 0 aliphatic carbocycles. The van der Waals surface area contributed by atoms with Crippen molar-refractivity contribution in [2.75, 3.05) is 11.5 Å². The highest BCUT2D eigenvalue weighted by Gasteiger charge is 2.29. The number of aliphatic carboxylic acids is 1. The van der Waals surface area contributed by atoms with E-state index in [1.165, 1.54) is 6.92 Å². The van der Waals surface area contributed by atoms with E-state index in [0.29, 0.717) is 75.8 Å². The first-order chi connectivity index (χ1) is 40.6. The smallest absolute Gasteiger partial charge is 0.408 e. The molecule has 5 rings (SSSR count). The Hall–Kier alpha value is -8.72. The molecule has 12 N–H and O–H groups in total. The van der Waals surface area contributed by atoms with Gasteiger partial charge in [-0.25, -0.2) is 19.6 Å². The molecule has 21 nitrogen and oxygen atoms in total. The van der Waals surface area contributed by atoms with Crippen molar-refractivity contribution in [3.8, 4) is 0 Å². The van der Waals surface area contributed by atoms with Crippen molar-refractivity contribution in [1.29, 1.82) is 0 Å². The standard InChI is InChI=1S/C26H36N4O4.C21H28N4O2.C18H26N2O5/c1-18(22(31)12-8-11-20-15-16-28-23(27)17-20)29-24(32)21(30-25(33)34-26(2,3)4)14-13-19-9-6-5-7-10-19;1-15(19(26)9-5-8-17-12-13-24-20(23)14-17)25-21(27)18(22)11-10-16-6-3-2-4-7-16;1-12(16(22)23)19-15(21)14(20-17(24)25-18(2,3)4)11-10-13-8-6-5-7-9-13/h5-7,9-10,15-18,21H,8,11-14H2,1-4H3,(H2,27,28)(H,29,32)(H,30,33);2-4,6-7,12-15,18H,5,8-11,22H2,1H3,(H2,23,24)(H,25,27);5-9,12,14H,10-11H2,1-4H3,(H,19,21)(H,20,24)(H,22,23)/t18-,21+;15-,18+;12-,14+/m000/s1. The van der Waals surface area contributed by atoms with Gasteiger partial charge >= 0.3 is 18.2 Å². The van der Waals surface area contributed by atoms with Crippen molar-refractivity contribution >= 4 is 59.1 Å². The fraction of sp³-hybridized carbons (Fsp3) is 0.446. The number of nitrogens with zero attached hydrogens (tertiary/aromatic N) is 2. The maximum absolute atomic E-state index is 13.0. The third-order valence-electron chi connectivity index (χ3n) is 12.9. The number of aromatic nitrogens is 2. The van der Waals surface area contributed by atoms with E-state index in [0.717, 1.165) is 40.7 Å². The van der Waals surface area contributed by atoms with E-state index in [9.17, 15) is 38.4 Å². The van der Waals surface area contributed by atoms with Crippen molar-refractivity contribution in [3.63, 3.8) is 0 Å². The molecular formula is C65H90N10O11. The van der Waals surface area contributed by atoms with Crippen molar-refractivity contribution in [2.45, 2.75) is 187 Å². The minimum absolute atomic E-state index is 0.000590. The molecule has 86 heavy (non-hydrogen) atoms. The van der Waals surface area contributed by atoms with Gasteiger partial charge in [0, 0.05) is 25.2 Å². The van der Waals surface area contributed by atoms with Crippen LogP contribution in [0, 0.1) is 0 Å². The molecule has 2 heterocycles. The van der Waals surface area contributed by atoms with E-state index in [-0.39, 0.29) is 17.5 Å². The summed E-state index contributed by atoms with van der Waals surface area (Å²) in [7, 11) is 0. The number of pyridine rings is 2. The second-order valence-electron chi connectivity index (χ2n) is 22.9. The summed E-state index contributed by atoms with van der Waals surface area (Å²) in [6.45, 7) is 15.2. The second kappa shape index (κ2) is 36.9. The lowest BCUT2D eigenvalue weighted by molar-refractivity contribution is -0.141. The predicted molar refractivity (Wildman–Crippen MR) is 332 cm³/mol. The zero-order valence-electron chi connectivity index (χ0n) is 51.2. The van der Waals surface area contributed by atoms with Crippen LogP contribution < -0.4 is 43.8 Å². The fourth-order valence-electron chi connectivity index (χ4n) is 8.28. The molecule has 0 unspecified atom stereocenters. The van der Waals surface area contributed by atoms with Crippen LogP contribution in [-0.2, 0) is 70.3 Å². The number of anilines is 2. The van der Waals surface area contributed by atoms with Crippen LogP contribution in [0.3, 0.4) is 0 Å². The number of benzene rings is 3. The SMILES string of the molecule is C[C@H](NC(=O)[C@@H](CCc1ccccc1)NC(=O)OC(C)(C)C)C(=O)CCCc1ccnc(N)c1.C[C@H](NC(=O)[C@@H](CCc1ccccc1)NC(=O)OC(C)(C)C)C(=O)O.C[C@H](NC(=O)[C@H](N)CCc1ccccc1)C(=O)CCCc1ccnc(N)c1. The molecule has 21 heteroatoms. The molecule has 0 aliphatic rings. The van der Waals surface area contributed by atoms with Crippen molar-refractivity contribution < 1.29 is 52.9 Å². The molecule has 0 saturated heterocycles. The Labute approximate surface area is 506 Å². The number of alkyl carbamates (subject to hydrolysis) is 2. The largest absolute Gasteiger partial charge is 0.480 e. The van der Waals surface area contributed by atoms with Crippen molar-refractivity contribution in [2.24, 2.45) is 5.73 Å². The summed E-state index contributed by atoms with van der Waals surface area (Å²) in [5.74, 6) is -1.55. The maximum Gasteiger partial charge on any atom is 0.408 e. The van der Waals surface area contributed by atoms with E-state index in [4.69, 9.17) is 31.8 Å². The number of aryl methyl sites for hydroxylation is 5. The number of nitrogen functional groups attached to an aromatic ring is 2. The Morgan fingerprint density at radius 3 is 1.14 bits per heavy atom. The Morgan fingerprint density at radius 2 is 0.802 bits per heavy atom. The monoisotopic (exact) mass is 1190 g/mol. The first-order valence-electron chi connectivity index (χ1n) is 29.0. The number of carboxylic acid groups (broad SMARTS) is 1. The Morgan fingerprint density at radius 1 is 0.465 bits per heavy atom. The summed E-state index contributed by atoms with van der Waals surface area (Å²) in [6, 6.07) is 31.8. The van der Waals surface area contributed by atoms with Gasteiger partial charge in [-0.15, -0.1) is 0 Å². The van der Waals surface area contributed by atoms with Crippen LogP contribution >= 0.6 is 0 Å². The topological polar surface area (TPSA) is 339 Å². The number of hydrogen-bond acceptors (Lipinski definition) is 15. The number of carbonyl (C=O) groups excluding carboxylic acids is 7. The van der Waals surface area contributed by atoms with Gasteiger partial charge < -0.3 is 58.4 Å². The zero-order valence-corrected chi connectivity index (χ0v) is 51.2. The Kier molecular flexibility index (Phi) is 30.7. The van der Waals surface area contributed by atoms with Gasteiger partial charge in [0.1, 0.15) is 41.0 Å². The third kappa shape index (κ3) is 30.7. The molecule has 2 aromatic heterocycles. The lowest BCUT2D eigenvalue weighted by Crippen LogP contribution is -2.51. The normalized spacial score (nSPS) is 13.1. The van der Waals surface area contributed by atoms with Gasteiger partial charge in [-0.2, -0.15) is 0 Å². The minimum Gasteiger partial charge on any atom is -0.480 e. The Bertz CT molecular complexity index is 2920. The summed E-state index contributed by atoms with van der Waals surface area (Å²) in [5, 5.41) is 22.0. The van der Waals surface area contributed by atoms with E-state index in [2.05, 4.69) is 36.6 Å². The number of hydrogen-bond donors (Lipinski definition) is 9. The van der Waals surface area contributed by atoms with Gasteiger partial charge in [0.05, 0.1) is 18.1 Å². The average Bonchev–Trinajstić information content (AvgIpc) is 3.59. The highest BCUT2D eigenvalue weighted by molar-refractivity contribution is 5.92. The molecule has 3 aromatic carbocycles. The van der Waals surface area contributed by atoms with Crippen LogP contribution in [0.4, 0.5) is 21.2 Å². The number of ketones is 2. The number of carboxylic acids is 1. The highest BCUT2D eigenvalue weighted by Crippen LogP contribution is 2.14. The summed E-state index contributed by atoms with van der Waals surface area (Å²) >= 11 is 0. The second-order valence-corrected chi connectivity index (χ2v) is 22.9. The van der Waals surface area contributed by atoms with Gasteiger partial charge in [0.15, 0.2) is 11.6 Å². The lowest BCUT2D eigenvalue weighted by atomic mass is 10.0. The van der Waals surface area contributed by atoms with Crippen LogP contribution in [-0.4, -0.2) is 110 Å². The highest BCUT2D eigenvalue weighted by atomic mass is 16.6. The summed E-state index contributed by atoms with van der Waals surface area (Å²) in [4.78, 5) is 105. The van der Waals surface area contributed by atoms with Crippen LogP contribution in [0.5, 0.6) is 0 Å². The van der Waals surface area contributed by atoms with Crippen molar-refractivity contribution in [3.05, 3.63) is 155 Å². The summed E-state index contributed by atoms with van der Waals surface area (Å²) in [5.41, 5.74) is 21.2. The number of Topliss-reactive ketones (excluding diaryl/α,β-unsaturated/α-hetero) is 2. The average molecular weight is 1190 g/mol. The Balaban J connectivity index is 0.000000343.